The third-order valence-electron chi connectivity index (χ3n) is 1.87. The molecule has 1 fully saturated rings. The third kappa shape index (κ3) is 1.60. The summed E-state index contributed by atoms with van der Waals surface area (Å²) >= 11 is 0. The van der Waals surface area contributed by atoms with E-state index in [-0.39, 0.29) is 18.0 Å². The smallest absolute Gasteiger partial charge is 0.306 e. The van der Waals surface area contributed by atoms with E-state index in [0.717, 1.165) is 0 Å². The molecule has 0 aromatic heterocycles. The van der Waals surface area contributed by atoms with Crippen LogP contribution in [0.2, 0.25) is 0 Å². The van der Waals surface area contributed by atoms with Gasteiger partial charge in [0.15, 0.2) is 0 Å². The molecule has 0 aliphatic carbocycles. The zero-order valence-electron chi connectivity index (χ0n) is 6.49. The second-order valence-corrected chi connectivity index (χ2v) is 2.80. The van der Waals surface area contributed by atoms with Gasteiger partial charge in [-0.05, 0) is 6.92 Å². The molecule has 62 valence electrons. The molecule has 0 spiro atoms. The maximum Gasteiger partial charge on any atom is 0.306 e. The number of carbonyl (C=O) groups is 1. The molecule has 1 N–H and O–H groups in total. The van der Waals surface area contributed by atoms with E-state index in [9.17, 15) is 4.79 Å². The van der Waals surface area contributed by atoms with E-state index in [0.29, 0.717) is 6.42 Å². The van der Waals surface area contributed by atoms with Crippen molar-refractivity contribution in [1.82, 2.24) is 0 Å². The van der Waals surface area contributed by atoms with E-state index >= 15 is 0 Å². The number of ether oxygens (including phenoxy) is 1. The molecule has 0 saturated carbocycles. The maximum atomic E-state index is 10.7. The van der Waals surface area contributed by atoms with Crippen LogP contribution >= 0.6 is 0 Å². The Morgan fingerprint density at radius 2 is 2.55 bits per heavy atom. The minimum atomic E-state index is -0.607. The summed E-state index contributed by atoms with van der Waals surface area (Å²) in [6.07, 6.45) is 1.01. The first-order valence-electron chi connectivity index (χ1n) is 3.65. The van der Waals surface area contributed by atoms with E-state index in [2.05, 4.69) is 6.58 Å². The SMILES string of the molecule is C=C[C@H]1CC(=O)O[C@@H]1[C@H](C)O. The quantitative estimate of drug-likeness (QED) is 0.467. The fourth-order valence-electron chi connectivity index (χ4n) is 1.27. The van der Waals surface area contributed by atoms with Crippen molar-refractivity contribution in [2.75, 3.05) is 0 Å². The molecule has 3 heteroatoms. The Kier molecular flexibility index (Phi) is 2.29. The number of aliphatic hydroxyl groups is 1. The van der Waals surface area contributed by atoms with Crippen molar-refractivity contribution in [2.45, 2.75) is 25.6 Å². The van der Waals surface area contributed by atoms with Crippen molar-refractivity contribution in [3.8, 4) is 0 Å². The Hall–Kier alpha value is -0.830. The van der Waals surface area contributed by atoms with Crippen molar-refractivity contribution < 1.29 is 14.6 Å². The van der Waals surface area contributed by atoms with E-state index < -0.39 is 6.10 Å². The van der Waals surface area contributed by atoms with Crippen molar-refractivity contribution >= 4 is 5.97 Å². The van der Waals surface area contributed by atoms with Crippen LogP contribution in [0, 0.1) is 5.92 Å². The van der Waals surface area contributed by atoms with Crippen LogP contribution in [-0.2, 0) is 9.53 Å². The minimum Gasteiger partial charge on any atom is -0.459 e. The van der Waals surface area contributed by atoms with E-state index in [1.807, 2.05) is 0 Å². The minimum absolute atomic E-state index is 0.0255. The molecule has 11 heavy (non-hydrogen) atoms. The summed E-state index contributed by atoms with van der Waals surface area (Å²) in [7, 11) is 0. The summed E-state index contributed by atoms with van der Waals surface area (Å²) in [4.78, 5) is 10.7. The lowest BCUT2D eigenvalue weighted by molar-refractivity contribution is -0.145. The number of carbonyl (C=O) groups excluding carboxylic acids is 1. The Labute approximate surface area is 65.7 Å². The van der Waals surface area contributed by atoms with Gasteiger partial charge in [0, 0.05) is 5.92 Å². The number of rotatable bonds is 2. The predicted octanol–water partition coefficient (Wildman–Crippen LogP) is 0.485. The van der Waals surface area contributed by atoms with Gasteiger partial charge in [-0.1, -0.05) is 6.08 Å². The van der Waals surface area contributed by atoms with Gasteiger partial charge in [-0.3, -0.25) is 4.79 Å². The van der Waals surface area contributed by atoms with Crippen molar-refractivity contribution in [3.63, 3.8) is 0 Å². The average Bonchev–Trinajstić information content (AvgIpc) is 2.30. The van der Waals surface area contributed by atoms with Crippen LogP contribution in [0.5, 0.6) is 0 Å². The fraction of sp³-hybridized carbons (Fsp3) is 0.625. The van der Waals surface area contributed by atoms with Crippen molar-refractivity contribution in [3.05, 3.63) is 12.7 Å². The van der Waals surface area contributed by atoms with Crippen LogP contribution in [0.1, 0.15) is 13.3 Å². The van der Waals surface area contributed by atoms with Crippen LogP contribution in [-0.4, -0.2) is 23.3 Å². The molecule has 1 saturated heterocycles. The van der Waals surface area contributed by atoms with Crippen LogP contribution in [0.4, 0.5) is 0 Å². The van der Waals surface area contributed by atoms with Crippen molar-refractivity contribution in [1.29, 1.82) is 0 Å². The topological polar surface area (TPSA) is 46.5 Å². The standard InChI is InChI=1S/C8H12O3/c1-3-6-4-7(10)11-8(6)5(2)9/h3,5-6,8-9H,1,4H2,2H3/t5-,6-,8+/m0/s1. The Morgan fingerprint density at radius 3 is 2.91 bits per heavy atom. The first-order chi connectivity index (χ1) is 5.15. The average molecular weight is 156 g/mol. The van der Waals surface area contributed by atoms with Gasteiger partial charge in [0.05, 0.1) is 12.5 Å². The van der Waals surface area contributed by atoms with Crippen LogP contribution < -0.4 is 0 Å². The summed E-state index contributed by atoms with van der Waals surface area (Å²) in [5.41, 5.74) is 0. The van der Waals surface area contributed by atoms with Gasteiger partial charge >= 0.3 is 5.97 Å². The molecule has 0 aromatic rings. The second kappa shape index (κ2) is 3.05. The number of cyclic esters (lactones) is 1. The molecular formula is C8H12O3. The lowest BCUT2D eigenvalue weighted by Gasteiger charge is -2.16. The van der Waals surface area contributed by atoms with E-state index in [1.165, 1.54) is 0 Å². The molecule has 0 unspecified atom stereocenters. The highest BCUT2D eigenvalue weighted by Crippen LogP contribution is 2.25. The van der Waals surface area contributed by atoms with E-state index in [4.69, 9.17) is 9.84 Å². The zero-order chi connectivity index (χ0) is 8.43. The molecule has 0 bridgehead atoms. The highest BCUT2D eigenvalue weighted by atomic mass is 16.6. The number of hydrogen-bond acceptors (Lipinski definition) is 3. The zero-order valence-corrected chi connectivity index (χ0v) is 6.49. The molecule has 0 amide bonds. The highest BCUT2D eigenvalue weighted by Gasteiger charge is 2.35. The Morgan fingerprint density at radius 1 is 1.91 bits per heavy atom. The molecule has 0 radical (unpaired) electrons. The number of aliphatic hydroxyl groups excluding tert-OH is 1. The lowest BCUT2D eigenvalue weighted by Crippen LogP contribution is -2.27. The largest absolute Gasteiger partial charge is 0.459 e. The third-order valence-corrected chi connectivity index (χ3v) is 1.87. The summed E-state index contributed by atoms with van der Waals surface area (Å²) < 4.78 is 4.87. The molecule has 1 rings (SSSR count). The van der Waals surface area contributed by atoms with Gasteiger partial charge in [0.1, 0.15) is 6.10 Å². The second-order valence-electron chi connectivity index (χ2n) is 2.80. The van der Waals surface area contributed by atoms with Gasteiger partial charge in [-0.2, -0.15) is 0 Å². The molecule has 3 nitrogen and oxygen atoms in total. The highest BCUT2D eigenvalue weighted by molar-refractivity contribution is 5.72. The predicted molar refractivity (Wildman–Crippen MR) is 39.9 cm³/mol. The summed E-state index contributed by atoms with van der Waals surface area (Å²) in [6, 6.07) is 0. The molecule has 3 atom stereocenters. The van der Waals surface area contributed by atoms with Crippen LogP contribution in [0.25, 0.3) is 0 Å². The molecular weight excluding hydrogens is 144 g/mol. The van der Waals surface area contributed by atoms with E-state index in [1.54, 1.807) is 13.0 Å². The molecule has 1 heterocycles. The van der Waals surface area contributed by atoms with Crippen molar-refractivity contribution in [2.24, 2.45) is 5.92 Å². The molecule has 0 aromatic carbocycles. The Balaban J connectivity index is 2.64. The lowest BCUT2D eigenvalue weighted by atomic mass is 9.98. The monoisotopic (exact) mass is 156 g/mol. The first-order valence-corrected chi connectivity index (χ1v) is 3.65. The maximum absolute atomic E-state index is 10.7. The van der Waals surface area contributed by atoms with Crippen LogP contribution in [0.3, 0.4) is 0 Å². The fourth-order valence-corrected chi connectivity index (χ4v) is 1.27. The van der Waals surface area contributed by atoms with Gasteiger partial charge in [-0.25, -0.2) is 0 Å². The normalized spacial score (nSPS) is 33.1. The first kappa shape index (κ1) is 8.27. The number of hydrogen-bond donors (Lipinski definition) is 1. The summed E-state index contributed by atoms with van der Waals surface area (Å²) in [5, 5.41) is 9.15. The van der Waals surface area contributed by atoms with Gasteiger partial charge in [0.2, 0.25) is 0 Å². The van der Waals surface area contributed by atoms with Gasteiger partial charge in [-0.15, -0.1) is 6.58 Å². The number of esters is 1. The molecule has 1 aliphatic rings. The summed E-state index contributed by atoms with van der Waals surface area (Å²) in [5.74, 6) is -0.275. The van der Waals surface area contributed by atoms with Gasteiger partial charge < -0.3 is 9.84 Å². The molecule has 1 aliphatic heterocycles. The summed E-state index contributed by atoms with van der Waals surface area (Å²) in [6.45, 7) is 5.18. The Bertz CT molecular complexity index is 174. The van der Waals surface area contributed by atoms with Crippen LogP contribution in [0.15, 0.2) is 12.7 Å². The van der Waals surface area contributed by atoms with Gasteiger partial charge in [0.25, 0.3) is 0 Å².